The summed E-state index contributed by atoms with van der Waals surface area (Å²) in [5.74, 6) is 7.89. The quantitative estimate of drug-likeness (QED) is 0.562. The lowest BCUT2D eigenvalue weighted by atomic mass is 9.83. The van der Waals surface area contributed by atoms with E-state index in [0.29, 0.717) is 5.82 Å². The maximum atomic E-state index is 5.48. The number of hydrogen-bond acceptors (Lipinski definition) is 5. The van der Waals surface area contributed by atoms with Crippen molar-refractivity contribution in [2.24, 2.45) is 5.84 Å². The predicted molar refractivity (Wildman–Crippen MR) is 78.9 cm³/mol. The second kappa shape index (κ2) is 6.19. The standard InChI is InChI=1S/C14H25N5/c1-3-7-11-16-12(10-13(17-11)19-15)18-14(2)8-5-4-6-9-14/h10H,3-9,15H2,1-2H3,(H2,16,17,18,19). The van der Waals surface area contributed by atoms with Crippen molar-refractivity contribution in [3.63, 3.8) is 0 Å². The number of nitrogens with two attached hydrogens (primary N) is 1. The summed E-state index contributed by atoms with van der Waals surface area (Å²) < 4.78 is 0. The van der Waals surface area contributed by atoms with Gasteiger partial charge in [-0.15, -0.1) is 0 Å². The zero-order chi connectivity index (χ0) is 13.7. The van der Waals surface area contributed by atoms with Crippen LogP contribution in [-0.2, 0) is 6.42 Å². The Bertz CT molecular complexity index is 412. The average Bonchev–Trinajstić information content (AvgIpc) is 2.39. The molecule has 0 unspecified atom stereocenters. The highest BCUT2D eigenvalue weighted by molar-refractivity contribution is 5.48. The number of hydrazine groups is 1. The highest BCUT2D eigenvalue weighted by Gasteiger charge is 2.27. The van der Waals surface area contributed by atoms with Crippen molar-refractivity contribution in [1.29, 1.82) is 0 Å². The molecule has 0 bridgehead atoms. The molecule has 1 aliphatic carbocycles. The maximum Gasteiger partial charge on any atom is 0.145 e. The number of aryl methyl sites for hydroxylation is 1. The monoisotopic (exact) mass is 263 g/mol. The molecule has 0 aromatic carbocycles. The van der Waals surface area contributed by atoms with E-state index in [4.69, 9.17) is 5.84 Å². The first-order valence-electron chi connectivity index (χ1n) is 7.28. The summed E-state index contributed by atoms with van der Waals surface area (Å²) in [5.41, 5.74) is 2.78. The van der Waals surface area contributed by atoms with E-state index in [0.717, 1.165) is 24.5 Å². The molecule has 0 amide bonds. The molecule has 1 fully saturated rings. The molecular weight excluding hydrogens is 238 g/mol. The number of rotatable bonds is 5. The van der Waals surface area contributed by atoms with E-state index in [1.807, 2.05) is 6.07 Å². The van der Waals surface area contributed by atoms with Crippen LogP contribution in [0.2, 0.25) is 0 Å². The molecular formula is C14H25N5. The Kier molecular flexibility index (Phi) is 4.58. The summed E-state index contributed by atoms with van der Waals surface area (Å²) in [4.78, 5) is 8.96. The molecule has 0 spiro atoms. The highest BCUT2D eigenvalue weighted by atomic mass is 15.3. The summed E-state index contributed by atoms with van der Waals surface area (Å²) in [5, 5.41) is 3.58. The lowest BCUT2D eigenvalue weighted by molar-refractivity contribution is 0.348. The fourth-order valence-corrected chi connectivity index (χ4v) is 2.74. The van der Waals surface area contributed by atoms with Crippen molar-refractivity contribution >= 4 is 11.6 Å². The van der Waals surface area contributed by atoms with Crippen LogP contribution in [0.25, 0.3) is 0 Å². The van der Waals surface area contributed by atoms with Gasteiger partial charge in [-0.3, -0.25) is 0 Å². The normalized spacial score (nSPS) is 18.1. The van der Waals surface area contributed by atoms with Gasteiger partial charge >= 0.3 is 0 Å². The molecule has 0 radical (unpaired) electrons. The van der Waals surface area contributed by atoms with Gasteiger partial charge in [-0.1, -0.05) is 26.2 Å². The van der Waals surface area contributed by atoms with Crippen molar-refractivity contribution in [2.45, 2.75) is 64.3 Å². The van der Waals surface area contributed by atoms with Crippen molar-refractivity contribution in [3.05, 3.63) is 11.9 Å². The van der Waals surface area contributed by atoms with E-state index < -0.39 is 0 Å². The predicted octanol–water partition coefficient (Wildman–Crippen LogP) is 2.85. The first kappa shape index (κ1) is 14.1. The molecule has 1 heterocycles. The Hall–Kier alpha value is -1.36. The van der Waals surface area contributed by atoms with Gasteiger partial charge in [0, 0.05) is 18.0 Å². The molecule has 0 atom stereocenters. The summed E-state index contributed by atoms with van der Waals surface area (Å²) in [7, 11) is 0. The topological polar surface area (TPSA) is 75.9 Å². The zero-order valence-corrected chi connectivity index (χ0v) is 12.0. The van der Waals surface area contributed by atoms with Crippen LogP contribution in [0.5, 0.6) is 0 Å². The lowest BCUT2D eigenvalue weighted by Gasteiger charge is -2.35. The zero-order valence-electron chi connectivity index (χ0n) is 12.0. The van der Waals surface area contributed by atoms with E-state index in [-0.39, 0.29) is 5.54 Å². The molecule has 4 N–H and O–H groups in total. The number of hydrogen-bond donors (Lipinski definition) is 3. The summed E-state index contributed by atoms with van der Waals surface area (Å²) >= 11 is 0. The van der Waals surface area contributed by atoms with Crippen molar-refractivity contribution < 1.29 is 0 Å². The fourth-order valence-electron chi connectivity index (χ4n) is 2.74. The van der Waals surface area contributed by atoms with Gasteiger partial charge in [0.05, 0.1) is 0 Å². The van der Waals surface area contributed by atoms with Crippen LogP contribution in [0.4, 0.5) is 11.6 Å². The Morgan fingerprint density at radius 3 is 2.53 bits per heavy atom. The van der Waals surface area contributed by atoms with Gasteiger partial charge in [-0.2, -0.15) is 0 Å². The third-order valence-electron chi connectivity index (χ3n) is 3.78. The van der Waals surface area contributed by atoms with E-state index >= 15 is 0 Å². The highest BCUT2D eigenvalue weighted by Crippen LogP contribution is 2.31. The Morgan fingerprint density at radius 1 is 1.21 bits per heavy atom. The minimum Gasteiger partial charge on any atom is -0.365 e. The molecule has 5 nitrogen and oxygen atoms in total. The van der Waals surface area contributed by atoms with Crippen LogP contribution in [0.15, 0.2) is 6.07 Å². The molecule has 106 valence electrons. The SMILES string of the molecule is CCCc1nc(NN)cc(NC2(C)CCCCC2)n1. The molecule has 1 aliphatic rings. The first-order chi connectivity index (χ1) is 9.15. The van der Waals surface area contributed by atoms with Crippen molar-refractivity contribution in [3.8, 4) is 0 Å². The van der Waals surface area contributed by atoms with Crippen LogP contribution in [0.3, 0.4) is 0 Å². The van der Waals surface area contributed by atoms with E-state index in [1.165, 1.54) is 32.1 Å². The molecule has 1 saturated carbocycles. The van der Waals surface area contributed by atoms with Crippen molar-refractivity contribution in [1.82, 2.24) is 9.97 Å². The van der Waals surface area contributed by atoms with Crippen molar-refractivity contribution in [2.75, 3.05) is 10.7 Å². The number of nitrogens with zero attached hydrogens (tertiary/aromatic N) is 2. The van der Waals surface area contributed by atoms with E-state index in [2.05, 4.69) is 34.6 Å². The number of anilines is 2. The molecule has 0 aliphatic heterocycles. The van der Waals surface area contributed by atoms with Gasteiger partial charge in [0.15, 0.2) is 0 Å². The van der Waals surface area contributed by atoms with Crippen LogP contribution >= 0.6 is 0 Å². The van der Waals surface area contributed by atoms with Gasteiger partial charge in [0.1, 0.15) is 17.5 Å². The number of nitrogen functional groups attached to an aromatic ring is 1. The minimum atomic E-state index is 0.155. The number of nitrogens with one attached hydrogen (secondary N) is 2. The average molecular weight is 263 g/mol. The summed E-state index contributed by atoms with van der Waals surface area (Å²) in [6.07, 6.45) is 8.23. The Labute approximate surface area is 115 Å². The molecule has 5 heteroatoms. The molecule has 1 aromatic heterocycles. The van der Waals surface area contributed by atoms with Gasteiger partial charge in [0.2, 0.25) is 0 Å². The van der Waals surface area contributed by atoms with Crippen LogP contribution in [0.1, 0.15) is 58.2 Å². The smallest absolute Gasteiger partial charge is 0.145 e. The van der Waals surface area contributed by atoms with Gasteiger partial charge < -0.3 is 10.7 Å². The molecule has 19 heavy (non-hydrogen) atoms. The lowest BCUT2D eigenvalue weighted by Crippen LogP contribution is -2.37. The fraction of sp³-hybridized carbons (Fsp3) is 0.714. The summed E-state index contributed by atoms with van der Waals surface area (Å²) in [6.45, 7) is 4.41. The van der Waals surface area contributed by atoms with Crippen LogP contribution in [0, 0.1) is 0 Å². The summed E-state index contributed by atoms with van der Waals surface area (Å²) in [6, 6.07) is 1.89. The molecule has 1 aromatic rings. The number of aromatic nitrogens is 2. The molecule has 0 saturated heterocycles. The minimum absolute atomic E-state index is 0.155. The molecule has 2 rings (SSSR count). The Balaban J connectivity index is 2.16. The van der Waals surface area contributed by atoms with Gasteiger partial charge in [-0.05, 0) is 26.2 Å². The first-order valence-corrected chi connectivity index (χ1v) is 7.28. The third kappa shape index (κ3) is 3.80. The van der Waals surface area contributed by atoms with E-state index in [9.17, 15) is 0 Å². The van der Waals surface area contributed by atoms with Crippen LogP contribution < -0.4 is 16.6 Å². The van der Waals surface area contributed by atoms with Gasteiger partial charge in [-0.25, -0.2) is 15.8 Å². The largest absolute Gasteiger partial charge is 0.365 e. The third-order valence-corrected chi connectivity index (χ3v) is 3.78. The maximum absolute atomic E-state index is 5.48. The van der Waals surface area contributed by atoms with E-state index in [1.54, 1.807) is 0 Å². The second-order valence-electron chi connectivity index (χ2n) is 5.70. The van der Waals surface area contributed by atoms with Gasteiger partial charge in [0.25, 0.3) is 0 Å². The Morgan fingerprint density at radius 2 is 1.89 bits per heavy atom. The second-order valence-corrected chi connectivity index (χ2v) is 5.70. The van der Waals surface area contributed by atoms with Crippen LogP contribution in [-0.4, -0.2) is 15.5 Å².